The molecule has 0 spiro atoms. The highest BCUT2D eigenvalue weighted by atomic mass is 19.4. The number of benzene rings is 1. The van der Waals surface area contributed by atoms with Gasteiger partial charge >= 0.3 is 12.1 Å². The maximum atomic E-state index is 13.1. The van der Waals surface area contributed by atoms with Crippen LogP contribution in [0.4, 0.5) is 13.2 Å². The minimum absolute atomic E-state index is 0.106. The smallest absolute Gasteiger partial charge is 0.416 e. The third-order valence-electron chi connectivity index (χ3n) is 4.57. The summed E-state index contributed by atoms with van der Waals surface area (Å²) in [4.78, 5) is 24.3. The van der Waals surface area contributed by atoms with E-state index in [9.17, 15) is 27.9 Å². The normalized spacial score (nSPS) is 16.3. The van der Waals surface area contributed by atoms with Gasteiger partial charge in [0.15, 0.2) is 0 Å². The van der Waals surface area contributed by atoms with Crippen molar-refractivity contribution < 1.29 is 27.8 Å². The van der Waals surface area contributed by atoms with Crippen molar-refractivity contribution in [3.8, 4) is 0 Å². The Labute approximate surface area is 140 Å². The molecule has 3 rings (SSSR count). The molecule has 25 heavy (non-hydrogen) atoms. The fourth-order valence-corrected chi connectivity index (χ4v) is 3.31. The summed E-state index contributed by atoms with van der Waals surface area (Å²) >= 11 is 0. The SMILES string of the molecule is Cc1c(C(=O)O)c(=O)n(C2CCOCC2)c2cc(C(F)(F)F)ccc12. The number of ether oxygens (including phenoxy) is 1. The second kappa shape index (κ2) is 6.18. The summed E-state index contributed by atoms with van der Waals surface area (Å²) in [6.45, 7) is 2.18. The van der Waals surface area contributed by atoms with Crippen molar-refractivity contribution in [1.29, 1.82) is 0 Å². The number of halogens is 3. The van der Waals surface area contributed by atoms with Gasteiger partial charge in [-0.15, -0.1) is 0 Å². The van der Waals surface area contributed by atoms with Gasteiger partial charge in [0.2, 0.25) is 0 Å². The largest absolute Gasteiger partial charge is 0.477 e. The lowest BCUT2D eigenvalue weighted by atomic mass is 9.99. The molecule has 1 fully saturated rings. The first-order chi connectivity index (χ1) is 11.7. The van der Waals surface area contributed by atoms with Gasteiger partial charge in [0, 0.05) is 24.6 Å². The molecule has 1 saturated heterocycles. The van der Waals surface area contributed by atoms with Gasteiger partial charge in [0.25, 0.3) is 5.56 Å². The van der Waals surface area contributed by atoms with E-state index in [-0.39, 0.29) is 11.1 Å². The quantitative estimate of drug-likeness (QED) is 0.897. The van der Waals surface area contributed by atoms with Crippen LogP contribution in [0.2, 0.25) is 0 Å². The maximum Gasteiger partial charge on any atom is 0.416 e. The van der Waals surface area contributed by atoms with Crippen molar-refractivity contribution in [1.82, 2.24) is 4.57 Å². The highest BCUT2D eigenvalue weighted by molar-refractivity contribution is 5.96. The number of hydrogen-bond donors (Lipinski definition) is 1. The number of fused-ring (bicyclic) bond motifs is 1. The van der Waals surface area contributed by atoms with Crippen molar-refractivity contribution in [2.24, 2.45) is 0 Å². The van der Waals surface area contributed by atoms with Gasteiger partial charge in [-0.3, -0.25) is 4.79 Å². The molecule has 1 aliphatic heterocycles. The number of pyridine rings is 1. The minimum atomic E-state index is -4.55. The fraction of sp³-hybridized carbons (Fsp3) is 0.412. The molecule has 0 atom stereocenters. The Bertz CT molecular complexity index is 895. The molecule has 1 N–H and O–H groups in total. The van der Waals surface area contributed by atoms with E-state index in [1.165, 1.54) is 17.6 Å². The van der Waals surface area contributed by atoms with E-state index in [0.29, 0.717) is 31.4 Å². The van der Waals surface area contributed by atoms with Crippen molar-refractivity contribution in [3.05, 3.63) is 45.2 Å². The van der Waals surface area contributed by atoms with Gasteiger partial charge in [0.05, 0.1) is 11.1 Å². The zero-order valence-corrected chi connectivity index (χ0v) is 13.4. The summed E-state index contributed by atoms with van der Waals surface area (Å²) in [5, 5.41) is 9.72. The highest BCUT2D eigenvalue weighted by Crippen LogP contribution is 2.34. The van der Waals surface area contributed by atoms with E-state index in [2.05, 4.69) is 0 Å². The Balaban J connectivity index is 2.39. The van der Waals surface area contributed by atoms with Crippen LogP contribution in [0.15, 0.2) is 23.0 Å². The van der Waals surface area contributed by atoms with Gasteiger partial charge in [-0.05, 0) is 37.5 Å². The molecule has 1 aromatic carbocycles. The zero-order chi connectivity index (χ0) is 18.4. The van der Waals surface area contributed by atoms with Crippen molar-refractivity contribution in [2.75, 3.05) is 13.2 Å². The average Bonchev–Trinajstić information content (AvgIpc) is 2.54. The average molecular weight is 355 g/mol. The second-order valence-corrected chi connectivity index (χ2v) is 6.05. The molecule has 0 amide bonds. The third kappa shape index (κ3) is 3.02. The molecule has 8 heteroatoms. The van der Waals surface area contributed by atoms with E-state index in [1.54, 1.807) is 0 Å². The van der Waals surface area contributed by atoms with Crippen LogP contribution in [0, 0.1) is 6.92 Å². The lowest BCUT2D eigenvalue weighted by Crippen LogP contribution is -2.33. The van der Waals surface area contributed by atoms with E-state index >= 15 is 0 Å². The zero-order valence-electron chi connectivity index (χ0n) is 13.4. The van der Waals surface area contributed by atoms with Crippen molar-refractivity contribution in [2.45, 2.75) is 32.0 Å². The number of carboxylic acid groups (broad SMARTS) is 1. The van der Waals surface area contributed by atoms with E-state index in [0.717, 1.165) is 12.1 Å². The molecule has 1 aliphatic rings. The number of aromatic carboxylic acids is 1. The number of rotatable bonds is 2. The van der Waals surface area contributed by atoms with E-state index in [4.69, 9.17) is 4.74 Å². The van der Waals surface area contributed by atoms with Gasteiger partial charge in [-0.25, -0.2) is 4.79 Å². The second-order valence-electron chi connectivity index (χ2n) is 6.05. The van der Waals surface area contributed by atoms with Crippen molar-refractivity contribution >= 4 is 16.9 Å². The summed E-state index contributed by atoms with van der Waals surface area (Å²) in [5.74, 6) is -1.38. The first kappa shape index (κ1) is 17.5. The van der Waals surface area contributed by atoms with Crippen LogP contribution in [-0.2, 0) is 10.9 Å². The third-order valence-corrected chi connectivity index (χ3v) is 4.57. The standard InChI is InChI=1S/C17H16F3NO4/c1-9-12-3-2-10(17(18,19)20)8-13(12)21(11-4-6-25-7-5-11)15(22)14(9)16(23)24/h2-3,8,11H,4-7H2,1H3,(H,23,24). The predicted octanol–water partition coefficient (Wildman–Crippen LogP) is 3.38. The summed E-state index contributed by atoms with van der Waals surface area (Å²) in [6.07, 6.45) is -3.68. The summed E-state index contributed by atoms with van der Waals surface area (Å²) < 4.78 is 45.7. The Hall–Kier alpha value is -2.35. The predicted molar refractivity (Wildman–Crippen MR) is 84.0 cm³/mol. The van der Waals surface area contributed by atoms with Crippen LogP contribution in [0.5, 0.6) is 0 Å². The molecule has 0 aliphatic carbocycles. The van der Waals surface area contributed by atoms with Gasteiger partial charge < -0.3 is 14.4 Å². The number of hydrogen-bond acceptors (Lipinski definition) is 3. The lowest BCUT2D eigenvalue weighted by molar-refractivity contribution is -0.137. The molecule has 5 nitrogen and oxygen atoms in total. The Morgan fingerprint density at radius 2 is 1.92 bits per heavy atom. The molecule has 0 unspecified atom stereocenters. The van der Waals surface area contributed by atoms with Crippen LogP contribution >= 0.6 is 0 Å². The molecule has 134 valence electrons. The molecule has 0 radical (unpaired) electrons. The summed E-state index contributed by atoms with van der Waals surface area (Å²) in [6, 6.07) is 2.66. The number of carboxylic acids is 1. The molecule has 0 bridgehead atoms. The number of nitrogens with zero attached hydrogens (tertiary/aromatic N) is 1. The van der Waals surface area contributed by atoms with E-state index < -0.39 is 34.9 Å². The molecular weight excluding hydrogens is 339 g/mol. The number of carbonyl (C=O) groups is 1. The molecule has 2 aromatic rings. The fourth-order valence-electron chi connectivity index (χ4n) is 3.31. The van der Waals surface area contributed by atoms with Gasteiger partial charge in [-0.1, -0.05) is 6.07 Å². The number of aryl methyl sites for hydroxylation is 1. The van der Waals surface area contributed by atoms with Gasteiger partial charge in [-0.2, -0.15) is 13.2 Å². The molecule has 0 saturated carbocycles. The maximum absolute atomic E-state index is 13.1. The monoisotopic (exact) mass is 355 g/mol. The first-order valence-electron chi connectivity index (χ1n) is 7.79. The minimum Gasteiger partial charge on any atom is -0.477 e. The van der Waals surface area contributed by atoms with Crippen LogP contribution in [0.25, 0.3) is 10.9 Å². The Morgan fingerprint density at radius 1 is 1.28 bits per heavy atom. The van der Waals surface area contributed by atoms with Crippen molar-refractivity contribution in [3.63, 3.8) is 0 Å². The lowest BCUT2D eigenvalue weighted by Gasteiger charge is -2.27. The van der Waals surface area contributed by atoms with E-state index in [1.807, 2.05) is 0 Å². The summed E-state index contributed by atoms with van der Waals surface area (Å²) in [5.41, 5.74) is -1.77. The van der Waals surface area contributed by atoms with Crippen LogP contribution in [0.1, 0.15) is 40.4 Å². The number of aromatic nitrogens is 1. The first-order valence-corrected chi connectivity index (χ1v) is 7.79. The van der Waals surface area contributed by atoms with Crippen LogP contribution in [-0.4, -0.2) is 28.9 Å². The Morgan fingerprint density at radius 3 is 2.48 bits per heavy atom. The highest BCUT2D eigenvalue weighted by Gasteiger charge is 2.32. The van der Waals surface area contributed by atoms with Gasteiger partial charge in [0.1, 0.15) is 5.56 Å². The topological polar surface area (TPSA) is 68.5 Å². The Kier molecular flexibility index (Phi) is 4.32. The molecule has 2 heterocycles. The summed E-state index contributed by atoms with van der Waals surface area (Å²) in [7, 11) is 0. The van der Waals surface area contributed by atoms with Crippen LogP contribution in [0.3, 0.4) is 0 Å². The van der Waals surface area contributed by atoms with Crippen LogP contribution < -0.4 is 5.56 Å². The molecular formula is C17H16F3NO4. The molecule has 1 aromatic heterocycles. The number of alkyl halides is 3.